The molecule has 0 radical (unpaired) electrons. The Labute approximate surface area is 127 Å². The second kappa shape index (κ2) is 9.34. The number of hydrogen-bond acceptors (Lipinski definition) is 4. The normalized spacial score (nSPS) is 10.7. The van der Waals surface area contributed by atoms with Crippen LogP contribution >= 0.6 is 0 Å². The summed E-state index contributed by atoms with van der Waals surface area (Å²) in [5.74, 6) is 0.708. The molecule has 5 nitrogen and oxygen atoms in total. The van der Waals surface area contributed by atoms with E-state index in [4.69, 9.17) is 4.74 Å². The first-order valence-corrected chi connectivity index (χ1v) is 7.68. The van der Waals surface area contributed by atoms with Crippen molar-refractivity contribution >= 4 is 11.7 Å². The molecule has 1 heterocycles. The molecule has 1 aromatic heterocycles. The molecule has 0 aliphatic carbocycles. The van der Waals surface area contributed by atoms with Crippen LogP contribution in [0.5, 0.6) is 0 Å². The molecule has 0 saturated carbocycles. The summed E-state index contributed by atoms with van der Waals surface area (Å²) >= 11 is 0. The van der Waals surface area contributed by atoms with Gasteiger partial charge >= 0.3 is 0 Å². The highest BCUT2D eigenvalue weighted by Gasteiger charge is 2.23. The third kappa shape index (κ3) is 5.01. The van der Waals surface area contributed by atoms with Crippen molar-refractivity contribution in [2.24, 2.45) is 0 Å². The average Bonchev–Trinajstić information content (AvgIpc) is 2.51. The van der Waals surface area contributed by atoms with Crippen molar-refractivity contribution < 1.29 is 9.53 Å². The van der Waals surface area contributed by atoms with Gasteiger partial charge in [-0.25, -0.2) is 4.98 Å². The predicted molar refractivity (Wildman–Crippen MR) is 85.7 cm³/mol. The summed E-state index contributed by atoms with van der Waals surface area (Å²) in [4.78, 5) is 19.0. The molecule has 0 aliphatic rings. The van der Waals surface area contributed by atoms with Gasteiger partial charge in [-0.05, 0) is 31.9 Å². The summed E-state index contributed by atoms with van der Waals surface area (Å²) in [6.07, 6.45) is 1.86. The van der Waals surface area contributed by atoms with E-state index in [-0.39, 0.29) is 11.9 Å². The molecule has 0 saturated heterocycles. The van der Waals surface area contributed by atoms with Gasteiger partial charge < -0.3 is 15.0 Å². The van der Waals surface area contributed by atoms with Crippen molar-refractivity contribution in [2.75, 3.05) is 32.1 Å². The monoisotopic (exact) mass is 293 g/mol. The van der Waals surface area contributed by atoms with E-state index in [2.05, 4.69) is 24.1 Å². The highest BCUT2D eigenvalue weighted by Crippen LogP contribution is 2.14. The standard InChI is InChI=1S/C16H27N3O2/c1-5-13(6-2)19(11-12-21-4)16(20)14-9-8-10-15(18-14)17-7-3/h8-10,13H,5-7,11-12H2,1-4H3,(H,17,18). The first-order chi connectivity index (χ1) is 10.2. The van der Waals surface area contributed by atoms with Gasteiger partial charge in [-0.3, -0.25) is 4.79 Å². The highest BCUT2D eigenvalue weighted by atomic mass is 16.5. The molecular formula is C16H27N3O2. The van der Waals surface area contributed by atoms with Crippen molar-refractivity contribution in [3.63, 3.8) is 0 Å². The minimum atomic E-state index is -0.0273. The van der Waals surface area contributed by atoms with Crippen molar-refractivity contribution in [3.05, 3.63) is 23.9 Å². The summed E-state index contributed by atoms with van der Waals surface area (Å²) < 4.78 is 5.13. The topological polar surface area (TPSA) is 54.5 Å². The number of anilines is 1. The van der Waals surface area contributed by atoms with Crippen LogP contribution in [0.15, 0.2) is 18.2 Å². The van der Waals surface area contributed by atoms with E-state index in [9.17, 15) is 4.79 Å². The number of amides is 1. The van der Waals surface area contributed by atoms with Crippen molar-refractivity contribution in [2.45, 2.75) is 39.7 Å². The first-order valence-electron chi connectivity index (χ1n) is 7.68. The van der Waals surface area contributed by atoms with Crippen LogP contribution in [-0.2, 0) is 4.74 Å². The maximum absolute atomic E-state index is 12.7. The third-order valence-electron chi connectivity index (χ3n) is 3.51. The van der Waals surface area contributed by atoms with Crippen molar-refractivity contribution in [1.29, 1.82) is 0 Å². The van der Waals surface area contributed by atoms with E-state index >= 15 is 0 Å². The fourth-order valence-corrected chi connectivity index (χ4v) is 2.35. The van der Waals surface area contributed by atoms with E-state index in [1.807, 2.05) is 24.0 Å². The zero-order valence-electron chi connectivity index (χ0n) is 13.6. The van der Waals surface area contributed by atoms with Crippen LogP contribution in [0.2, 0.25) is 0 Å². The van der Waals surface area contributed by atoms with Gasteiger partial charge in [0.2, 0.25) is 0 Å². The number of nitrogens with one attached hydrogen (secondary N) is 1. The number of carbonyl (C=O) groups excluding carboxylic acids is 1. The minimum absolute atomic E-state index is 0.0273. The summed E-state index contributed by atoms with van der Waals surface area (Å²) in [7, 11) is 1.65. The molecule has 0 atom stereocenters. The quantitative estimate of drug-likeness (QED) is 0.760. The van der Waals surface area contributed by atoms with Crippen LogP contribution in [0.25, 0.3) is 0 Å². The molecule has 0 fully saturated rings. The number of methoxy groups -OCH3 is 1. The van der Waals surface area contributed by atoms with Gasteiger partial charge in [0.1, 0.15) is 11.5 Å². The zero-order chi connectivity index (χ0) is 15.7. The Bertz CT molecular complexity index is 433. The fourth-order valence-electron chi connectivity index (χ4n) is 2.35. The number of pyridine rings is 1. The van der Waals surface area contributed by atoms with Crippen LogP contribution in [0.4, 0.5) is 5.82 Å². The maximum atomic E-state index is 12.7. The molecule has 1 rings (SSSR count). The molecule has 0 bridgehead atoms. The van der Waals surface area contributed by atoms with Crippen LogP contribution in [0, 0.1) is 0 Å². The number of hydrogen-bond donors (Lipinski definition) is 1. The molecule has 1 amide bonds. The van der Waals surface area contributed by atoms with Crippen molar-refractivity contribution in [1.82, 2.24) is 9.88 Å². The lowest BCUT2D eigenvalue weighted by atomic mass is 10.1. The Kier molecular flexibility index (Phi) is 7.75. The number of nitrogens with zero attached hydrogens (tertiary/aromatic N) is 2. The van der Waals surface area contributed by atoms with Gasteiger partial charge in [-0.15, -0.1) is 0 Å². The Morgan fingerprint density at radius 1 is 1.33 bits per heavy atom. The number of ether oxygens (including phenoxy) is 1. The SMILES string of the molecule is CCNc1cccc(C(=O)N(CCOC)C(CC)CC)n1. The summed E-state index contributed by atoms with van der Waals surface area (Å²) in [6.45, 7) is 8.12. The first kappa shape index (κ1) is 17.4. The Hall–Kier alpha value is -1.62. The third-order valence-corrected chi connectivity index (χ3v) is 3.51. The number of carbonyl (C=O) groups is 1. The molecule has 0 aromatic carbocycles. The lowest BCUT2D eigenvalue weighted by Crippen LogP contribution is -2.42. The average molecular weight is 293 g/mol. The van der Waals surface area contributed by atoms with E-state index in [0.717, 1.165) is 25.2 Å². The largest absolute Gasteiger partial charge is 0.383 e. The Morgan fingerprint density at radius 3 is 2.62 bits per heavy atom. The Balaban J connectivity index is 2.95. The van der Waals surface area contributed by atoms with Crippen LogP contribution in [0.3, 0.4) is 0 Å². The van der Waals surface area contributed by atoms with E-state index in [0.29, 0.717) is 18.8 Å². The molecule has 0 aliphatic heterocycles. The van der Waals surface area contributed by atoms with Crippen LogP contribution in [0.1, 0.15) is 44.1 Å². The molecule has 21 heavy (non-hydrogen) atoms. The van der Waals surface area contributed by atoms with Gasteiger partial charge in [0, 0.05) is 26.2 Å². The second-order valence-electron chi connectivity index (χ2n) is 4.90. The van der Waals surface area contributed by atoms with Crippen molar-refractivity contribution in [3.8, 4) is 0 Å². The van der Waals surface area contributed by atoms with E-state index in [1.54, 1.807) is 13.2 Å². The molecule has 1 aromatic rings. The fraction of sp³-hybridized carbons (Fsp3) is 0.625. The molecular weight excluding hydrogens is 266 g/mol. The van der Waals surface area contributed by atoms with Crippen LogP contribution < -0.4 is 5.32 Å². The van der Waals surface area contributed by atoms with Crippen LogP contribution in [-0.4, -0.2) is 48.6 Å². The zero-order valence-corrected chi connectivity index (χ0v) is 13.6. The Morgan fingerprint density at radius 2 is 2.05 bits per heavy atom. The summed E-state index contributed by atoms with van der Waals surface area (Å²) in [5, 5.41) is 3.14. The van der Waals surface area contributed by atoms with Gasteiger partial charge in [0.05, 0.1) is 6.61 Å². The minimum Gasteiger partial charge on any atom is -0.383 e. The predicted octanol–water partition coefficient (Wildman–Crippen LogP) is 2.79. The molecule has 5 heteroatoms. The highest BCUT2D eigenvalue weighted by molar-refractivity contribution is 5.92. The summed E-state index contributed by atoms with van der Waals surface area (Å²) in [5.41, 5.74) is 0.483. The molecule has 118 valence electrons. The lowest BCUT2D eigenvalue weighted by molar-refractivity contribution is 0.0584. The second-order valence-corrected chi connectivity index (χ2v) is 4.90. The van der Waals surface area contributed by atoms with Gasteiger partial charge in [-0.1, -0.05) is 19.9 Å². The number of aromatic nitrogens is 1. The van der Waals surface area contributed by atoms with E-state index in [1.165, 1.54) is 0 Å². The maximum Gasteiger partial charge on any atom is 0.272 e. The van der Waals surface area contributed by atoms with E-state index < -0.39 is 0 Å². The summed E-state index contributed by atoms with van der Waals surface area (Å²) in [6, 6.07) is 5.72. The molecule has 0 spiro atoms. The lowest BCUT2D eigenvalue weighted by Gasteiger charge is -2.30. The van der Waals surface area contributed by atoms with Gasteiger partial charge in [-0.2, -0.15) is 0 Å². The molecule has 0 unspecified atom stereocenters. The number of rotatable bonds is 9. The van der Waals surface area contributed by atoms with Gasteiger partial charge in [0.25, 0.3) is 5.91 Å². The molecule has 1 N–H and O–H groups in total. The smallest absolute Gasteiger partial charge is 0.272 e. The van der Waals surface area contributed by atoms with Gasteiger partial charge in [0.15, 0.2) is 0 Å².